The summed E-state index contributed by atoms with van der Waals surface area (Å²) in [6.07, 6.45) is 0. The lowest BCUT2D eigenvalue weighted by Crippen LogP contribution is -1.94. The second kappa shape index (κ2) is 4.52. The Morgan fingerprint density at radius 3 is 2.81 bits per heavy atom. The summed E-state index contributed by atoms with van der Waals surface area (Å²) in [6.45, 7) is 2.65. The molecule has 3 nitrogen and oxygen atoms in total. The van der Waals surface area contributed by atoms with E-state index in [0.29, 0.717) is 10.1 Å². The zero-order chi connectivity index (χ0) is 11.5. The molecule has 0 atom stereocenters. The monoisotopic (exact) mass is 241 g/mol. The Kier molecular flexibility index (Phi) is 3.09. The summed E-state index contributed by atoms with van der Waals surface area (Å²) in [5.41, 5.74) is 0.267. The minimum atomic E-state index is -0.626. The third kappa shape index (κ3) is 2.16. The predicted octanol–water partition coefficient (Wildman–Crippen LogP) is 2.92. The summed E-state index contributed by atoms with van der Waals surface area (Å²) in [5, 5.41) is 11.7. The first-order chi connectivity index (χ1) is 7.70. The molecule has 1 aromatic carbocycles. The van der Waals surface area contributed by atoms with E-state index in [2.05, 4.69) is 15.5 Å². The van der Waals surface area contributed by atoms with Gasteiger partial charge in [0.25, 0.3) is 0 Å². The van der Waals surface area contributed by atoms with Crippen molar-refractivity contribution in [3.8, 4) is 10.6 Å². The van der Waals surface area contributed by atoms with Crippen LogP contribution in [0.15, 0.2) is 18.2 Å². The molecule has 0 amide bonds. The molecule has 0 radical (unpaired) electrons. The molecule has 0 unspecified atom stereocenters. The molecule has 1 N–H and O–H groups in total. The summed E-state index contributed by atoms with van der Waals surface area (Å²) in [7, 11) is 0. The van der Waals surface area contributed by atoms with Gasteiger partial charge in [-0.2, -0.15) is 0 Å². The van der Waals surface area contributed by atoms with Gasteiger partial charge in [-0.25, -0.2) is 8.78 Å². The van der Waals surface area contributed by atoms with E-state index in [0.717, 1.165) is 12.6 Å². The SMILES string of the molecule is CCNc1nnc(-c2ccc(F)cc2F)s1. The predicted molar refractivity (Wildman–Crippen MR) is 59.4 cm³/mol. The highest BCUT2D eigenvalue weighted by Gasteiger charge is 2.11. The van der Waals surface area contributed by atoms with Crippen molar-refractivity contribution in [2.75, 3.05) is 11.9 Å². The van der Waals surface area contributed by atoms with E-state index in [-0.39, 0.29) is 5.56 Å². The highest BCUT2D eigenvalue weighted by atomic mass is 32.1. The van der Waals surface area contributed by atoms with Crippen LogP contribution in [0.4, 0.5) is 13.9 Å². The molecule has 16 heavy (non-hydrogen) atoms. The van der Waals surface area contributed by atoms with E-state index in [1.807, 2.05) is 6.92 Å². The average molecular weight is 241 g/mol. The van der Waals surface area contributed by atoms with Crippen LogP contribution >= 0.6 is 11.3 Å². The minimum Gasteiger partial charge on any atom is -0.360 e. The third-order valence-electron chi connectivity index (χ3n) is 1.91. The van der Waals surface area contributed by atoms with Gasteiger partial charge in [-0.05, 0) is 19.1 Å². The van der Waals surface area contributed by atoms with E-state index in [1.54, 1.807) is 0 Å². The topological polar surface area (TPSA) is 37.8 Å². The Bertz CT molecular complexity index is 499. The Labute approximate surface area is 95.1 Å². The first-order valence-corrected chi connectivity index (χ1v) is 5.55. The lowest BCUT2D eigenvalue weighted by atomic mass is 10.2. The zero-order valence-electron chi connectivity index (χ0n) is 8.50. The van der Waals surface area contributed by atoms with Crippen molar-refractivity contribution < 1.29 is 8.78 Å². The lowest BCUT2D eigenvalue weighted by molar-refractivity contribution is 0.585. The van der Waals surface area contributed by atoms with Crippen LogP contribution < -0.4 is 5.32 Å². The van der Waals surface area contributed by atoms with E-state index >= 15 is 0 Å². The number of halogens is 2. The quantitative estimate of drug-likeness (QED) is 0.897. The minimum absolute atomic E-state index is 0.267. The Hall–Kier alpha value is -1.56. The van der Waals surface area contributed by atoms with Gasteiger partial charge in [0.15, 0.2) is 5.01 Å². The van der Waals surface area contributed by atoms with Gasteiger partial charge in [-0.1, -0.05) is 11.3 Å². The van der Waals surface area contributed by atoms with Crippen LogP contribution in [0.1, 0.15) is 6.92 Å². The van der Waals surface area contributed by atoms with E-state index in [1.165, 1.54) is 23.5 Å². The largest absolute Gasteiger partial charge is 0.360 e. The zero-order valence-corrected chi connectivity index (χ0v) is 9.31. The average Bonchev–Trinajstić information content (AvgIpc) is 2.67. The summed E-state index contributed by atoms with van der Waals surface area (Å²) >= 11 is 1.23. The second-order valence-corrected chi connectivity index (χ2v) is 4.04. The molecule has 2 aromatic rings. The summed E-state index contributed by atoms with van der Waals surface area (Å²) in [6, 6.07) is 3.40. The highest BCUT2D eigenvalue weighted by molar-refractivity contribution is 7.18. The summed E-state index contributed by atoms with van der Waals surface area (Å²) < 4.78 is 26.1. The van der Waals surface area contributed by atoms with Crippen LogP contribution in [0.2, 0.25) is 0 Å². The van der Waals surface area contributed by atoms with E-state index in [4.69, 9.17) is 0 Å². The smallest absolute Gasteiger partial charge is 0.205 e. The van der Waals surface area contributed by atoms with Crippen LogP contribution in [0.3, 0.4) is 0 Å². The number of anilines is 1. The van der Waals surface area contributed by atoms with Gasteiger partial charge < -0.3 is 5.32 Å². The van der Waals surface area contributed by atoms with Gasteiger partial charge in [0.05, 0.1) is 0 Å². The molecule has 6 heteroatoms. The summed E-state index contributed by atoms with van der Waals surface area (Å²) in [4.78, 5) is 0. The molecule has 2 rings (SSSR count). The summed E-state index contributed by atoms with van der Waals surface area (Å²) in [5.74, 6) is -1.23. The third-order valence-corrected chi connectivity index (χ3v) is 2.83. The number of hydrogen-bond acceptors (Lipinski definition) is 4. The van der Waals surface area contributed by atoms with Crippen molar-refractivity contribution in [1.29, 1.82) is 0 Å². The molecule has 1 heterocycles. The molecule has 0 saturated carbocycles. The number of nitrogens with one attached hydrogen (secondary N) is 1. The fourth-order valence-electron chi connectivity index (χ4n) is 1.22. The van der Waals surface area contributed by atoms with E-state index in [9.17, 15) is 8.78 Å². The standard InChI is InChI=1S/C10H9F2N3S/c1-2-13-10-15-14-9(16-10)7-4-3-6(11)5-8(7)12/h3-5H,2H2,1H3,(H,13,15). The van der Waals surface area contributed by atoms with Gasteiger partial charge in [-0.3, -0.25) is 0 Å². The molecule has 0 spiro atoms. The molecule has 84 valence electrons. The number of rotatable bonds is 3. The molecule has 0 saturated heterocycles. The van der Waals surface area contributed by atoms with Crippen LogP contribution in [-0.4, -0.2) is 16.7 Å². The second-order valence-electron chi connectivity index (χ2n) is 3.07. The van der Waals surface area contributed by atoms with Crippen molar-refractivity contribution in [3.05, 3.63) is 29.8 Å². The maximum absolute atomic E-state index is 13.4. The van der Waals surface area contributed by atoms with Crippen molar-refractivity contribution >= 4 is 16.5 Å². The van der Waals surface area contributed by atoms with Crippen LogP contribution in [0, 0.1) is 11.6 Å². The molecular formula is C10H9F2N3S. The van der Waals surface area contributed by atoms with Gasteiger partial charge in [-0.15, -0.1) is 10.2 Å². The molecule has 0 aliphatic heterocycles. The maximum Gasteiger partial charge on any atom is 0.205 e. The fraction of sp³-hybridized carbons (Fsp3) is 0.200. The number of hydrogen-bond donors (Lipinski definition) is 1. The van der Waals surface area contributed by atoms with Crippen LogP contribution in [-0.2, 0) is 0 Å². The normalized spacial score (nSPS) is 10.4. The first kappa shape index (κ1) is 10.9. The molecule has 0 aliphatic rings. The van der Waals surface area contributed by atoms with Crippen molar-refractivity contribution in [2.24, 2.45) is 0 Å². The van der Waals surface area contributed by atoms with Gasteiger partial charge >= 0.3 is 0 Å². The fourth-order valence-corrected chi connectivity index (χ4v) is 2.06. The highest BCUT2D eigenvalue weighted by Crippen LogP contribution is 2.28. The van der Waals surface area contributed by atoms with Crippen molar-refractivity contribution in [3.63, 3.8) is 0 Å². The Morgan fingerprint density at radius 2 is 2.12 bits per heavy atom. The van der Waals surface area contributed by atoms with Gasteiger partial charge in [0, 0.05) is 18.2 Å². The van der Waals surface area contributed by atoms with Crippen LogP contribution in [0.5, 0.6) is 0 Å². The van der Waals surface area contributed by atoms with Crippen molar-refractivity contribution in [1.82, 2.24) is 10.2 Å². The van der Waals surface area contributed by atoms with Crippen molar-refractivity contribution in [2.45, 2.75) is 6.92 Å². The van der Waals surface area contributed by atoms with E-state index < -0.39 is 11.6 Å². The number of nitrogens with zero attached hydrogens (tertiary/aromatic N) is 2. The van der Waals surface area contributed by atoms with Crippen LogP contribution in [0.25, 0.3) is 10.6 Å². The molecule has 0 bridgehead atoms. The molecular weight excluding hydrogens is 232 g/mol. The van der Waals surface area contributed by atoms with Gasteiger partial charge in [0.2, 0.25) is 5.13 Å². The molecule has 0 aliphatic carbocycles. The molecule has 1 aromatic heterocycles. The maximum atomic E-state index is 13.4. The van der Waals surface area contributed by atoms with Gasteiger partial charge in [0.1, 0.15) is 11.6 Å². The number of aromatic nitrogens is 2. The number of benzene rings is 1. The Balaban J connectivity index is 2.35. The lowest BCUT2D eigenvalue weighted by Gasteiger charge is -1.97. The molecule has 0 fully saturated rings. The first-order valence-electron chi connectivity index (χ1n) is 4.73. The Morgan fingerprint density at radius 1 is 1.31 bits per heavy atom.